The van der Waals surface area contributed by atoms with Crippen molar-refractivity contribution < 1.29 is 9.53 Å². The van der Waals surface area contributed by atoms with Crippen LogP contribution in [0.2, 0.25) is 5.02 Å². The summed E-state index contributed by atoms with van der Waals surface area (Å²) in [5, 5.41) is 8.78. The van der Waals surface area contributed by atoms with Crippen LogP contribution in [0.15, 0.2) is 18.5 Å². The molecule has 1 aliphatic carbocycles. The Morgan fingerprint density at radius 3 is 2.96 bits per heavy atom. The molecule has 4 rings (SSSR count). The lowest BCUT2D eigenvalue weighted by molar-refractivity contribution is 0.0696. The van der Waals surface area contributed by atoms with Crippen LogP contribution in [0.1, 0.15) is 60.9 Å². The van der Waals surface area contributed by atoms with Gasteiger partial charge in [-0.15, -0.1) is 10.2 Å². The fraction of sp³-hybridized carbons (Fsp3) is 0.556. The quantitative estimate of drug-likeness (QED) is 0.802. The molecular weight excluding hydrogens is 354 g/mol. The van der Waals surface area contributed by atoms with Gasteiger partial charge in [0.2, 0.25) is 5.88 Å². The number of amides is 1. The number of carbonyl (C=O) groups is 1. The van der Waals surface area contributed by atoms with Crippen LogP contribution in [0.3, 0.4) is 0 Å². The molecule has 2 aliphatic rings. The van der Waals surface area contributed by atoms with Crippen molar-refractivity contribution in [1.29, 1.82) is 0 Å². The van der Waals surface area contributed by atoms with E-state index in [1.807, 2.05) is 18.2 Å². The third-order valence-corrected chi connectivity index (χ3v) is 5.24. The van der Waals surface area contributed by atoms with E-state index in [4.69, 9.17) is 16.3 Å². The normalized spacial score (nSPS) is 20.2. The van der Waals surface area contributed by atoms with Gasteiger partial charge < -0.3 is 14.2 Å². The van der Waals surface area contributed by atoms with Crippen molar-refractivity contribution in [3.8, 4) is 5.88 Å². The highest BCUT2D eigenvalue weighted by Crippen LogP contribution is 2.38. The summed E-state index contributed by atoms with van der Waals surface area (Å²) < 4.78 is 7.59. The maximum absolute atomic E-state index is 13.0. The number of hydrogen-bond acceptors (Lipinski definition) is 5. The summed E-state index contributed by atoms with van der Waals surface area (Å²) in [6.07, 6.45) is 6.12. The molecule has 0 aromatic carbocycles. The minimum absolute atomic E-state index is 0.154. The second-order valence-electron chi connectivity index (χ2n) is 6.83. The predicted molar refractivity (Wildman–Crippen MR) is 96.6 cm³/mol. The maximum Gasteiger partial charge on any atom is 0.274 e. The zero-order valence-corrected chi connectivity index (χ0v) is 15.5. The number of aromatic nitrogens is 4. The van der Waals surface area contributed by atoms with Gasteiger partial charge in [-0.2, -0.15) is 0 Å². The Labute approximate surface area is 157 Å². The molecule has 1 atom stereocenters. The molecule has 7 nitrogen and oxygen atoms in total. The molecule has 0 bridgehead atoms. The van der Waals surface area contributed by atoms with Gasteiger partial charge in [0, 0.05) is 31.1 Å². The molecule has 138 valence electrons. The Kier molecular flexibility index (Phi) is 4.80. The first-order valence-corrected chi connectivity index (χ1v) is 9.53. The molecule has 2 fully saturated rings. The number of carbonyl (C=O) groups excluding carboxylic acids is 1. The van der Waals surface area contributed by atoms with Crippen LogP contribution in [0.4, 0.5) is 0 Å². The monoisotopic (exact) mass is 375 g/mol. The first kappa shape index (κ1) is 17.3. The highest BCUT2D eigenvalue weighted by molar-refractivity contribution is 6.33. The Morgan fingerprint density at radius 2 is 2.19 bits per heavy atom. The molecule has 3 heterocycles. The number of halogens is 1. The first-order valence-electron chi connectivity index (χ1n) is 9.15. The van der Waals surface area contributed by atoms with Crippen molar-refractivity contribution >= 4 is 17.5 Å². The zero-order chi connectivity index (χ0) is 18.1. The third-order valence-electron chi connectivity index (χ3n) is 4.93. The van der Waals surface area contributed by atoms with Gasteiger partial charge in [-0.05, 0) is 38.7 Å². The van der Waals surface area contributed by atoms with Crippen molar-refractivity contribution in [2.45, 2.75) is 44.6 Å². The molecule has 1 amide bonds. The van der Waals surface area contributed by atoms with E-state index in [-0.39, 0.29) is 17.5 Å². The van der Waals surface area contributed by atoms with E-state index in [1.165, 1.54) is 12.8 Å². The van der Waals surface area contributed by atoms with Gasteiger partial charge in [-0.25, -0.2) is 4.98 Å². The molecule has 1 unspecified atom stereocenters. The highest BCUT2D eigenvalue weighted by Gasteiger charge is 2.33. The molecule has 0 spiro atoms. The van der Waals surface area contributed by atoms with Crippen LogP contribution in [0.5, 0.6) is 5.88 Å². The summed E-state index contributed by atoms with van der Waals surface area (Å²) in [5.74, 6) is 1.46. The number of hydrogen-bond donors (Lipinski definition) is 0. The predicted octanol–water partition coefficient (Wildman–Crippen LogP) is 3.08. The number of nitrogens with zero attached hydrogens (tertiary/aromatic N) is 5. The molecule has 0 N–H and O–H groups in total. The van der Waals surface area contributed by atoms with E-state index >= 15 is 0 Å². The molecule has 0 radical (unpaired) electrons. The standard InChI is InChI=1S/C18H22ClN5O2/c1-2-26-15-8-7-14(19)16(21-15)18(25)23-9-3-4-12(10-23)17-22-20-11-24(17)13-5-6-13/h7-8,11-13H,2-6,9-10H2,1H3. The lowest BCUT2D eigenvalue weighted by atomic mass is 9.96. The fourth-order valence-electron chi connectivity index (χ4n) is 3.50. The van der Waals surface area contributed by atoms with Gasteiger partial charge in [0.25, 0.3) is 5.91 Å². The lowest BCUT2D eigenvalue weighted by Crippen LogP contribution is -2.40. The Balaban J connectivity index is 1.53. The van der Waals surface area contributed by atoms with Crippen molar-refractivity contribution in [2.24, 2.45) is 0 Å². The van der Waals surface area contributed by atoms with Crippen LogP contribution in [-0.4, -0.2) is 50.3 Å². The average molecular weight is 376 g/mol. The van der Waals surface area contributed by atoms with Crippen LogP contribution in [0.25, 0.3) is 0 Å². The van der Waals surface area contributed by atoms with E-state index < -0.39 is 0 Å². The third kappa shape index (κ3) is 3.40. The van der Waals surface area contributed by atoms with E-state index in [2.05, 4.69) is 19.7 Å². The van der Waals surface area contributed by atoms with E-state index in [0.717, 1.165) is 18.7 Å². The van der Waals surface area contributed by atoms with Crippen LogP contribution >= 0.6 is 11.6 Å². The summed E-state index contributed by atoms with van der Waals surface area (Å²) in [6.45, 7) is 3.68. The highest BCUT2D eigenvalue weighted by atomic mass is 35.5. The summed E-state index contributed by atoms with van der Waals surface area (Å²) in [5.41, 5.74) is 0.252. The van der Waals surface area contributed by atoms with Crippen LogP contribution in [-0.2, 0) is 0 Å². The number of pyridine rings is 1. The molecule has 1 saturated heterocycles. The second kappa shape index (κ2) is 7.23. The first-order chi connectivity index (χ1) is 12.7. The second-order valence-corrected chi connectivity index (χ2v) is 7.24. The zero-order valence-electron chi connectivity index (χ0n) is 14.8. The van der Waals surface area contributed by atoms with Gasteiger partial charge in [-0.3, -0.25) is 4.79 Å². The summed E-state index contributed by atoms with van der Waals surface area (Å²) in [4.78, 5) is 19.1. The fourth-order valence-corrected chi connectivity index (χ4v) is 3.69. The Hall–Kier alpha value is -2.15. The van der Waals surface area contributed by atoms with Gasteiger partial charge in [-0.1, -0.05) is 11.6 Å². The molecule has 8 heteroatoms. The number of likely N-dealkylation sites (tertiary alicyclic amines) is 1. The smallest absolute Gasteiger partial charge is 0.274 e. The number of rotatable bonds is 5. The molecule has 2 aromatic heterocycles. The minimum atomic E-state index is -0.154. The Bertz CT molecular complexity index is 805. The lowest BCUT2D eigenvalue weighted by Gasteiger charge is -2.32. The average Bonchev–Trinajstić information content (AvgIpc) is 3.39. The van der Waals surface area contributed by atoms with E-state index in [1.54, 1.807) is 12.1 Å². The van der Waals surface area contributed by atoms with Crippen LogP contribution < -0.4 is 4.74 Å². The van der Waals surface area contributed by atoms with Crippen LogP contribution in [0, 0.1) is 0 Å². The van der Waals surface area contributed by atoms with Gasteiger partial charge in [0.1, 0.15) is 12.2 Å². The summed E-state index contributed by atoms with van der Waals surface area (Å²) in [6, 6.07) is 3.88. The summed E-state index contributed by atoms with van der Waals surface area (Å²) >= 11 is 6.23. The van der Waals surface area contributed by atoms with Gasteiger partial charge in [0.05, 0.1) is 11.6 Å². The Morgan fingerprint density at radius 1 is 1.35 bits per heavy atom. The van der Waals surface area contributed by atoms with E-state index in [9.17, 15) is 4.79 Å². The molecular formula is C18H22ClN5O2. The van der Waals surface area contributed by atoms with Gasteiger partial charge >= 0.3 is 0 Å². The molecule has 2 aromatic rings. The molecule has 1 saturated carbocycles. The largest absolute Gasteiger partial charge is 0.478 e. The van der Waals surface area contributed by atoms with Crippen molar-refractivity contribution in [3.05, 3.63) is 35.0 Å². The topological polar surface area (TPSA) is 73.1 Å². The minimum Gasteiger partial charge on any atom is -0.478 e. The number of ether oxygens (including phenoxy) is 1. The molecule has 26 heavy (non-hydrogen) atoms. The van der Waals surface area contributed by atoms with E-state index in [0.29, 0.717) is 36.6 Å². The maximum atomic E-state index is 13.0. The molecule has 1 aliphatic heterocycles. The van der Waals surface area contributed by atoms with Crippen molar-refractivity contribution in [3.63, 3.8) is 0 Å². The SMILES string of the molecule is CCOc1ccc(Cl)c(C(=O)N2CCCC(c3nncn3C3CC3)C2)n1. The number of piperidine rings is 1. The van der Waals surface area contributed by atoms with Crippen molar-refractivity contribution in [2.75, 3.05) is 19.7 Å². The van der Waals surface area contributed by atoms with Gasteiger partial charge in [0.15, 0.2) is 5.69 Å². The van der Waals surface area contributed by atoms with Crippen molar-refractivity contribution in [1.82, 2.24) is 24.6 Å². The summed E-state index contributed by atoms with van der Waals surface area (Å²) in [7, 11) is 0.